The molecule has 1 aliphatic rings. The first-order valence-electron chi connectivity index (χ1n) is 5.36. The Hall–Kier alpha value is -0.730. The number of fused-ring (bicyclic) bond motifs is 1. The summed E-state index contributed by atoms with van der Waals surface area (Å²) < 4.78 is 0. The summed E-state index contributed by atoms with van der Waals surface area (Å²) in [5.74, 6) is 1.16. The van der Waals surface area contributed by atoms with E-state index >= 15 is 0 Å². The maximum atomic E-state index is 3.57. The van der Waals surface area contributed by atoms with Crippen molar-refractivity contribution in [2.24, 2.45) is 0 Å². The number of thioether (sulfide) groups is 1. The normalized spacial score (nSPS) is 18.7. The molecule has 2 heteroatoms. The quantitative estimate of drug-likeness (QED) is 0.782. The molecule has 0 aliphatic carbocycles. The Morgan fingerprint density at radius 1 is 1.47 bits per heavy atom. The van der Waals surface area contributed by atoms with E-state index in [1.165, 1.54) is 16.0 Å². The van der Waals surface area contributed by atoms with Crippen molar-refractivity contribution in [3.63, 3.8) is 0 Å². The second-order valence-corrected chi connectivity index (χ2v) is 5.15. The zero-order valence-corrected chi connectivity index (χ0v) is 10.1. The summed E-state index contributed by atoms with van der Waals surface area (Å²) in [7, 11) is 0. The Morgan fingerprint density at radius 3 is 3.07 bits per heavy atom. The van der Waals surface area contributed by atoms with Crippen LogP contribution in [0, 0.1) is 0 Å². The second kappa shape index (κ2) is 4.86. The van der Waals surface area contributed by atoms with Gasteiger partial charge in [-0.25, -0.2) is 0 Å². The number of allylic oxidation sites excluding steroid dienone is 1. The van der Waals surface area contributed by atoms with Crippen LogP contribution in [0.4, 0.5) is 0 Å². The summed E-state index contributed by atoms with van der Waals surface area (Å²) in [6.45, 7) is 5.25. The zero-order chi connectivity index (χ0) is 10.7. The summed E-state index contributed by atoms with van der Waals surface area (Å²) in [6, 6.07) is 9.21. The van der Waals surface area contributed by atoms with E-state index < -0.39 is 0 Å². The summed E-state index contributed by atoms with van der Waals surface area (Å²) in [4.78, 5) is 1.44. The van der Waals surface area contributed by atoms with E-state index in [4.69, 9.17) is 0 Å². The number of rotatable bonds is 3. The fourth-order valence-corrected chi connectivity index (χ4v) is 2.93. The first kappa shape index (κ1) is 10.8. The lowest BCUT2D eigenvalue weighted by atomic mass is 10.1. The van der Waals surface area contributed by atoms with Crippen molar-refractivity contribution in [1.82, 2.24) is 5.32 Å². The van der Waals surface area contributed by atoms with Gasteiger partial charge in [-0.3, -0.25) is 0 Å². The SMILES string of the molecule is CC(C)=CCNC1CSc2ccccc21. The van der Waals surface area contributed by atoms with Crippen molar-refractivity contribution in [2.75, 3.05) is 12.3 Å². The smallest absolute Gasteiger partial charge is 0.0428 e. The minimum absolute atomic E-state index is 0.529. The van der Waals surface area contributed by atoms with Crippen molar-refractivity contribution in [3.8, 4) is 0 Å². The minimum atomic E-state index is 0.529. The molecule has 1 aromatic carbocycles. The molecule has 1 aromatic rings. The van der Waals surface area contributed by atoms with Crippen molar-refractivity contribution >= 4 is 11.8 Å². The number of hydrogen-bond acceptors (Lipinski definition) is 2. The molecular weight excluding hydrogens is 202 g/mol. The van der Waals surface area contributed by atoms with E-state index in [0.717, 1.165) is 12.3 Å². The van der Waals surface area contributed by atoms with Crippen LogP contribution in [0.2, 0.25) is 0 Å². The first-order chi connectivity index (χ1) is 7.27. The molecule has 0 saturated carbocycles. The van der Waals surface area contributed by atoms with Crippen molar-refractivity contribution in [2.45, 2.75) is 24.8 Å². The minimum Gasteiger partial charge on any atom is -0.306 e. The average Bonchev–Trinajstić information content (AvgIpc) is 2.62. The molecule has 0 spiro atoms. The summed E-state index contributed by atoms with van der Waals surface area (Å²) in [5.41, 5.74) is 2.84. The lowest BCUT2D eigenvalue weighted by Gasteiger charge is -2.11. The molecule has 1 aliphatic heterocycles. The molecule has 80 valence electrons. The fourth-order valence-electron chi connectivity index (χ4n) is 1.74. The van der Waals surface area contributed by atoms with Crippen LogP contribution in [0.15, 0.2) is 40.8 Å². The molecule has 2 rings (SSSR count). The molecule has 1 unspecified atom stereocenters. The van der Waals surface area contributed by atoms with Crippen LogP contribution < -0.4 is 5.32 Å². The van der Waals surface area contributed by atoms with E-state index in [-0.39, 0.29) is 0 Å². The van der Waals surface area contributed by atoms with Gasteiger partial charge in [0, 0.05) is 23.2 Å². The highest BCUT2D eigenvalue weighted by Gasteiger charge is 2.21. The molecule has 1 heterocycles. The van der Waals surface area contributed by atoms with Gasteiger partial charge in [-0.1, -0.05) is 29.8 Å². The van der Waals surface area contributed by atoms with Crippen LogP contribution >= 0.6 is 11.8 Å². The van der Waals surface area contributed by atoms with Crippen LogP contribution in [0.1, 0.15) is 25.5 Å². The maximum Gasteiger partial charge on any atom is 0.0428 e. The number of hydrogen-bond donors (Lipinski definition) is 1. The van der Waals surface area contributed by atoms with Gasteiger partial charge in [-0.15, -0.1) is 11.8 Å². The lowest BCUT2D eigenvalue weighted by molar-refractivity contribution is 0.626. The summed E-state index contributed by atoms with van der Waals surface area (Å²) >= 11 is 1.95. The van der Waals surface area contributed by atoms with E-state index in [1.54, 1.807) is 0 Å². The molecule has 0 fully saturated rings. The third-order valence-corrected chi connectivity index (χ3v) is 3.76. The second-order valence-electron chi connectivity index (χ2n) is 4.09. The average molecular weight is 219 g/mol. The highest BCUT2D eigenvalue weighted by Crippen LogP contribution is 2.37. The number of nitrogens with one attached hydrogen (secondary N) is 1. The lowest BCUT2D eigenvalue weighted by Crippen LogP contribution is -2.21. The molecule has 0 amide bonds. The van der Waals surface area contributed by atoms with Gasteiger partial charge >= 0.3 is 0 Å². The van der Waals surface area contributed by atoms with Crippen LogP contribution in [-0.4, -0.2) is 12.3 Å². The molecule has 0 radical (unpaired) electrons. The largest absolute Gasteiger partial charge is 0.306 e. The predicted octanol–water partition coefficient (Wildman–Crippen LogP) is 3.39. The molecular formula is C13H17NS. The van der Waals surface area contributed by atoms with Gasteiger partial charge in [-0.05, 0) is 25.5 Å². The van der Waals surface area contributed by atoms with Crippen LogP contribution in [-0.2, 0) is 0 Å². The molecule has 15 heavy (non-hydrogen) atoms. The zero-order valence-electron chi connectivity index (χ0n) is 9.29. The van der Waals surface area contributed by atoms with Gasteiger partial charge in [0.25, 0.3) is 0 Å². The Kier molecular flexibility index (Phi) is 3.49. The van der Waals surface area contributed by atoms with E-state index in [0.29, 0.717) is 6.04 Å². The highest BCUT2D eigenvalue weighted by molar-refractivity contribution is 7.99. The predicted molar refractivity (Wildman–Crippen MR) is 67.3 cm³/mol. The van der Waals surface area contributed by atoms with Gasteiger partial charge in [-0.2, -0.15) is 0 Å². The molecule has 1 N–H and O–H groups in total. The Balaban J connectivity index is 1.99. The highest BCUT2D eigenvalue weighted by atomic mass is 32.2. The van der Waals surface area contributed by atoms with Crippen molar-refractivity contribution in [3.05, 3.63) is 41.5 Å². The summed E-state index contributed by atoms with van der Waals surface area (Å²) in [5, 5.41) is 3.57. The van der Waals surface area contributed by atoms with Crippen molar-refractivity contribution in [1.29, 1.82) is 0 Å². The van der Waals surface area contributed by atoms with Gasteiger partial charge < -0.3 is 5.32 Å². The third-order valence-electron chi connectivity index (χ3n) is 2.57. The van der Waals surface area contributed by atoms with Gasteiger partial charge in [0.2, 0.25) is 0 Å². The third kappa shape index (κ3) is 2.64. The van der Waals surface area contributed by atoms with Gasteiger partial charge in [0.15, 0.2) is 0 Å². The molecule has 0 saturated heterocycles. The molecule has 0 aromatic heterocycles. The van der Waals surface area contributed by atoms with Crippen LogP contribution in [0.25, 0.3) is 0 Å². The van der Waals surface area contributed by atoms with Crippen LogP contribution in [0.3, 0.4) is 0 Å². The first-order valence-corrected chi connectivity index (χ1v) is 6.34. The van der Waals surface area contributed by atoms with Crippen molar-refractivity contribution < 1.29 is 0 Å². The Labute approximate surface area is 96.0 Å². The van der Waals surface area contributed by atoms with E-state index in [9.17, 15) is 0 Å². The van der Waals surface area contributed by atoms with E-state index in [2.05, 4.69) is 49.5 Å². The maximum absolute atomic E-state index is 3.57. The topological polar surface area (TPSA) is 12.0 Å². The molecule has 1 nitrogen and oxygen atoms in total. The van der Waals surface area contributed by atoms with Gasteiger partial charge in [0.05, 0.1) is 0 Å². The van der Waals surface area contributed by atoms with Gasteiger partial charge in [0.1, 0.15) is 0 Å². The fraction of sp³-hybridized carbons (Fsp3) is 0.385. The molecule has 0 bridgehead atoms. The van der Waals surface area contributed by atoms with E-state index in [1.807, 2.05) is 11.8 Å². The molecule has 1 atom stereocenters. The summed E-state index contributed by atoms with van der Waals surface area (Å²) in [6.07, 6.45) is 2.24. The van der Waals surface area contributed by atoms with Crippen LogP contribution in [0.5, 0.6) is 0 Å². The Morgan fingerprint density at radius 2 is 2.27 bits per heavy atom. The monoisotopic (exact) mass is 219 g/mol. The Bertz CT molecular complexity index is 367. The standard InChI is InChI=1S/C13H17NS/c1-10(2)7-8-14-12-9-15-13-6-4-3-5-11(12)13/h3-7,12,14H,8-9H2,1-2H3. The number of benzene rings is 1.